The second-order valence-corrected chi connectivity index (χ2v) is 19.1. The molecule has 14 nitrogen and oxygen atoms in total. The van der Waals surface area contributed by atoms with Crippen LogP contribution in [0.1, 0.15) is 91.9 Å². The first-order chi connectivity index (χ1) is 25.8. The molecule has 14 heteroatoms. The van der Waals surface area contributed by atoms with Gasteiger partial charge >= 0.3 is 5.97 Å². The fourth-order valence-electron chi connectivity index (χ4n) is 13.0. The molecular formula is C41H64O14. The van der Waals surface area contributed by atoms with Crippen LogP contribution in [0.25, 0.3) is 0 Å². The highest BCUT2D eigenvalue weighted by Crippen LogP contribution is 2.75. The lowest BCUT2D eigenvalue weighted by Gasteiger charge is -2.71. The van der Waals surface area contributed by atoms with Crippen LogP contribution in [-0.4, -0.2) is 139 Å². The first-order valence-electron chi connectivity index (χ1n) is 20.3. The van der Waals surface area contributed by atoms with E-state index in [2.05, 4.69) is 33.4 Å². The third kappa shape index (κ3) is 6.15. The standard InChI is InChI=1S/C41H64O14/c1-20-8-13-41(36(51)55-35-33(50)31(48)29(46)24(54-35)18-52-34-32(49)30(47)28(45)23(17-42)53-34)15-14-39(4)21(22(41)16-20)6-7-26-37(2)11-10-27(44)38(3,19-43)25(37)9-12-40(26,39)5/h6,22-35,42-50H,1,7-19H2,2-5H3/t22-,23+,24+,25+,26+,27-,28+,29+,30-,31-,32+,33+,34+,35-,37-,38-,39+,40+,41-/m0/s1. The Balaban J connectivity index is 1.12. The van der Waals surface area contributed by atoms with Crippen LogP contribution in [-0.2, 0) is 23.7 Å². The van der Waals surface area contributed by atoms with Gasteiger partial charge in [0.25, 0.3) is 0 Å². The first-order valence-corrected chi connectivity index (χ1v) is 20.3. The summed E-state index contributed by atoms with van der Waals surface area (Å²) in [5.74, 6) is -0.268. The topological polar surface area (TPSA) is 236 Å². The molecule has 0 spiro atoms. The lowest BCUT2D eigenvalue weighted by Crippen LogP contribution is -2.66. The van der Waals surface area contributed by atoms with Crippen molar-refractivity contribution in [2.45, 2.75) is 159 Å². The van der Waals surface area contributed by atoms with Crippen LogP contribution in [0, 0.1) is 44.8 Å². The van der Waals surface area contributed by atoms with Gasteiger partial charge in [0.2, 0.25) is 6.29 Å². The highest BCUT2D eigenvalue weighted by molar-refractivity contribution is 5.79. The van der Waals surface area contributed by atoms with Gasteiger partial charge in [-0.15, -0.1) is 0 Å². The maximum absolute atomic E-state index is 14.6. The van der Waals surface area contributed by atoms with Gasteiger partial charge in [0.1, 0.15) is 48.8 Å². The lowest BCUT2D eigenvalue weighted by atomic mass is 9.34. The minimum absolute atomic E-state index is 0.0492. The van der Waals surface area contributed by atoms with E-state index in [1.165, 1.54) is 5.57 Å². The van der Waals surface area contributed by atoms with Crippen molar-refractivity contribution in [2.24, 2.45) is 44.8 Å². The third-order valence-electron chi connectivity index (χ3n) is 16.7. The van der Waals surface area contributed by atoms with Crippen LogP contribution in [0.3, 0.4) is 0 Å². The van der Waals surface area contributed by atoms with Crippen molar-refractivity contribution in [3.63, 3.8) is 0 Å². The number of hydrogen-bond donors (Lipinski definition) is 9. The average Bonchev–Trinajstić information content (AvgIpc) is 3.16. The summed E-state index contributed by atoms with van der Waals surface area (Å²) < 4.78 is 22.9. The molecule has 0 amide bonds. The van der Waals surface area contributed by atoms with Crippen molar-refractivity contribution in [1.82, 2.24) is 0 Å². The quantitative estimate of drug-likeness (QED) is 0.129. The molecule has 0 radical (unpaired) electrons. The molecule has 6 fully saturated rings. The number of carbonyl (C=O) groups is 1. The zero-order valence-corrected chi connectivity index (χ0v) is 32.6. The van der Waals surface area contributed by atoms with Crippen LogP contribution in [0.5, 0.6) is 0 Å². The number of carbonyl (C=O) groups excluding carboxylic acids is 1. The van der Waals surface area contributed by atoms with Crippen molar-refractivity contribution in [1.29, 1.82) is 0 Å². The first kappa shape index (κ1) is 41.6. The van der Waals surface area contributed by atoms with Gasteiger partial charge in [-0.3, -0.25) is 4.79 Å². The number of ether oxygens (including phenoxy) is 4. The van der Waals surface area contributed by atoms with Crippen molar-refractivity contribution in [2.75, 3.05) is 19.8 Å². The predicted octanol–water partition coefficient (Wildman–Crippen LogP) is 0.819. The molecule has 0 aromatic carbocycles. The highest BCUT2D eigenvalue weighted by Gasteiger charge is 2.69. The molecule has 19 atom stereocenters. The second kappa shape index (κ2) is 14.6. The van der Waals surface area contributed by atoms with E-state index in [1.807, 2.05) is 6.92 Å². The maximum Gasteiger partial charge on any atom is 0.315 e. The maximum atomic E-state index is 14.6. The zero-order valence-electron chi connectivity index (χ0n) is 32.6. The van der Waals surface area contributed by atoms with E-state index in [0.717, 1.165) is 37.7 Å². The minimum Gasteiger partial charge on any atom is -0.432 e. The number of rotatable bonds is 7. The SMILES string of the molecule is C=C1CC[C@]2(C(=O)O[C@@H]3O[C@H](CO[C@@H]4O[C@H](CO)[C@@H](O)[C@H](O)[C@H]4O)[C@@H](O)[C@H](O)[C@H]3O)CC[C@]3(C)C(=CC[C@@H]4[C@@]5(C)CC[C@H](O)[C@@](C)(CO)[C@@H]5CC[C@]43C)[C@@H]2C1. The summed E-state index contributed by atoms with van der Waals surface area (Å²) in [6, 6.07) is 0. The Kier molecular flexibility index (Phi) is 11.1. The normalized spacial score (nSPS) is 53.9. The van der Waals surface area contributed by atoms with E-state index in [4.69, 9.17) is 18.9 Å². The lowest BCUT2D eigenvalue weighted by molar-refractivity contribution is -0.328. The molecule has 0 aromatic rings. The van der Waals surface area contributed by atoms with Crippen LogP contribution in [0.2, 0.25) is 0 Å². The molecule has 0 aromatic heterocycles. The molecule has 312 valence electrons. The Hall–Kier alpha value is -1.53. The number of aliphatic hydroxyl groups excluding tert-OH is 9. The Morgan fingerprint density at radius 2 is 1.45 bits per heavy atom. The molecule has 7 rings (SSSR count). The smallest absolute Gasteiger partial charge is 0.315 e. The summed E-state index contributed by atoms with van der Waals surface area (Å²) >= 11 is 0. The number of esters is 1. The Bertz CT molecular complexity index is 1500. The summed E-state index contributed by atoms with van der Waals surface area (Å²) in [5.41, 5.74) is 0.355. The van der Waals surface area contributed by atoms with Gasteiger partial charge in [-0.2, -0.15) is 0 Å². The molecule has 5 aliphatic carbocycles. The van der Waals surface area contributed by atoms with Gasteiger partial charge in [-0.25, -0.2) is 0 Å². The number of allylic oxidation sites excluding steroid dienone is 3. The highest BCUT2D eigenvalue weighted by atomic mass is 16.7. The summed E-state index contributed by atoms with van der Waals surface area (Å²) in [7, 11) is 0. The van der Waals surface area contributed by atoms with Crippen LogP contribution < -0.4 is 0 Å². The molecule has 0 unspecified atom stereocenters. The molecule has 4 saturated carbocycles. The number of aliphatic hydroxyl groups is 9. The molecule has 2 heterocycles. The Labute approximate surface area is 323 Å². The predicted molar refractivity (Wildman–Crippen MR) is 194 cm³/mol. The van der Waals surface area contributed by atoms with Crippen molar-refractivity contribution < 1.29 is 69.7 Å². The van der Waals surface area contributed by atoms with Gasteiger partial charge in [-0.05, 0) is 92.3 Å². The molecule has 9 N–H and O–H groups in total. The van der Waals surface area contributed by atoms with E-state index in [9.17, 15) is 50.8 Å². The fraction of sp³-hybridized carbons (Fsp3) is 0.878. The fourth-order valence-corrected chi connectivity index (χ4v) is 13.0. The summed E-state index contributed by atoms with van der Waals surface area (Å²) in [6.45, 7) is 12.3. The van der Waals surface area contributed by atoms with E-state index in [1.54, 1.807) is 0 Å². The van der Waals surface area contributed by atoms with E-state index >= 15 is 0 Å². The average molecular weight is 781 g/mol. The van der Waals surface area contributed by atoms with Crippen molar-refractivity contribution >= 4 is 5.97 Å². The van der Waals surface area contributed by atoms with Gasteiger partial charge in [0.05, 0.1) is 31.3 Å². The van der Waals surface area contributed by atoms with Gasteiger partial charge in [0, 0.05) is 11.3 Å². The summed E-state index contributed by atoms with van der Waals surface area (Å²) in [6.07, 6.45) is -7.02. The number of fused-ring (bicyclic) bond motifs is 7. The van der Waals surface area contributed by atoms with Crippen molar-refractivity contribution in [3.05, 3.63) is 23.8 Å². The zero-order chi connectivity index (χ0) is 40.0. The molecular weight excluding hydrogens is 716 g/mol. The monoisotopic (exact) mass is 780 g/mol. The molecule has 7 aliphatic rings. The summed E-state index contributed by atoms with van der Waals surface area (Å²) in [5, 5.41) is 94.5. The van der Waals surface area contributed by atoms with Crippen LogP contribution in [0.4, 0.5) is 0 Å². The van der Waals surface area contributed by atoms with Crippen LogP contribution in [0.15, 0.2) is 23.8 Å². The van der Waals surface area contributed by atoms with Gasteiger partial charge in [0.15, 0.2) is 6.29 Å². The number of hydrogen-bond acceptors (Lipinski definition) is 14. The van der Waals surface area contributed by atoms with E-state index in [0.29, 0.717) is 38.0 Å². The van der Waals surface area contributed by atoms with Crippen LogP contribution >= 0.6 is 0 Å². The largest absolute Gasteiger partial charge is 0.432 e. The molecule has 2 aliphatic heterocycles. The Morgan fingerprint density at radius 3 is 2.13 bits per heavy atom. The minimum atomic E-state index is -1.79. The van der Waals surface area contributed by atoms with Gasteiger partial charge in [-0.1, -0.05) is 51.5 Å². The van der Waals surface area contributed by atoms with Gasteiger partial charge < -0.3 is 64.9 Å². The van der Waals surface area contributed by atoms with E-state index < -0.39 is 97.5 Å². The molecule has 0 bridgehead atoms. The Morgan fingerprint density at radius 1 is 0.800 bits per heavy atom. The van der Waals surface area contributed by atoms with Crippen molar-refractivity contribution in [3.8, 4) is 0 Å². The van der Waals surface area contributed by atoms with E-state index in [-0.39, 0.29) is 34.7 Å². The molecule has 2 saturated heterocycles. The third-order valence-corrected chi connectivity index (χ3v) is 16.7. The molecule has 55 heavy (non-hydrogen) atoms. The second-order valence-electron chi connectivity index (χ2n) is 19.1. The summed E-state index contributed by atoms with van der Waals surface area (Å²) in [4.78, 5) is 14.6.